The average Bonchev–Trinajstić information content (AvgIpc) is 2.78. The highest BCUT2D eigenvalue weighted by atomic mass is 32.2. The number of benzene rings is 2. The molecular weight excluding hydrogens is 466 g/mol. The Morgan fingerprint density at radius 2 is 1.74 bits per heavy atom. The molecule has 0 bridgehead atoms. The number of unbranched alkanes of at least 4 members (excludes halogenated alkanes) is 1. The molecule has 0 aliphatic carbocycles. The Balaban J connectivity index is 2.50. The first-order valence-electron chi connectivity index (χ1n) is 11.7. The molecule has 0 aliphatic heterocycles. The fourth-order valence-electron chi connectivity index (χ4n) is 3.77. The van der Waals surface area contributed by atoms with Crippen LogP contribution in [0.2, 0.25) is 0 Å². The van der Waals surface area contributed by atoms with Crippen molar-refractivity contribution < 1.29 is 23.1 Å². The van der Waals surface area contributed by atoms with Crippen LogP contribution >= 0.6 is 0 Å². The average molecular weight is 504 g/mol. The third-order valence-electron chi connectivity index (χ3n) is 5.84. The summed E-state index contributed by atoms with van der Waals surface area (Å²) in [4.78, 5) is 25.4. The van der Waals surface area contributed by atoms with Crippen molar-refractivity contribution in [3.05, 3.63) is 52.6 Å². The molecule has 0 unspecified atom stereocenters. The topological polar surface area (TPSA) is 116 Å². The van der Waals surface area contributed by atoms with Crippen molar-refractivity contribution in [3.8, 4) is 5.75 Å². The first-order chi connectivity index (χ1) is 16.2. The maximum Gasteiger partial charge on any atom is 0.251 e. The van der Waals surface area contributed by atoms with Crippen LogP contribution in [0.1, 0.15) is 67.6 Å². The van der Waals surface area contributed by atoms with Gasteiger partial charge in [0.25, 0.3) is 5.91 Å². The minimum absolute atomic E-state index is 0.00750. The molecule has 0 atom stereocenters. The minimum atomic E-state index is -3.84. The molecule has 2 aromatic rings. The molecule has 192 valence electrons. The van der Waals surface area contributed by atoms with Crippen molar-refractivity contribution in [2.75, 3.05) is 29.0 Å². The van der Waals surface area contributed by atoms with Crippen LogP contribution in [0.4, 0.5) is 11.4 Å². The third-order valence-corrected chi connectivity index (χ3v) is 7.64. The standard InChI is InChI=1S/C26H37N3O5S/c1-8-9-14-35(33,34)29(22-13-10-17(2)24(31)18(22)3)16-23(30)28-21-15-19(25(32)27-7)11-12-20(21)26(4,5)6/h10-13,15,31H,8-9,14,16H2,1-7H3,(H,27,32)(H,28,30). The lowest BCUT2D eigenvalue weighted by atomic mass is 9.85. The van der Waals surface area contributed by atoms with Crippen molar-refractivity contribution in [1.82, 2.24) is 5.32 Å². The zero-order valence-electron chi connectivity index (χ0n) is 21.7. The lowest BCUT2D eigenvalue weighted by Gasteiger charge is -2.27. The fraction of sp³-hybridized carbons (Fsp3) is 0.462. The SMILES string of the molecule is CCCCS(=O)(=O)N(CC(=O)Nc1cc(C(=O)NC)ccc1C(C)(C)C)c1ccc(C)c(O)c1C. The molecule has 35 heavy (non-hydrogen) atoms. The van der Waals surface area contributed by atoms with Gasteiger partial charge in [0, 0.05) is 23.9 Å². The third kappa shape index (κ3) is 6.75. The largest absolute Gasteiger partial charge is 0.507 e. The van der Waals surface area contributed by atoms with Gasteiger partial charge in [-0.15, -0.1) is 0 Å². The molecule has 2 aromatic carbocycles. The Bertz CT molecular complexity index is 1200. The second kappa shape index (κ2) is 11.1. The molecule has 0 radical (unpaired) electrons. The number of nitrogens with zero attached hydrogens (tertiary/aromatic N) is 1. The van der Waals surface area contributed by atoms with Gasteiger partial charge in [0.1, 0.15) is 12.3 Å². The van der Waals surface area contributed by atoms with Crippen molar-refractivity contribution in [2.24, 2.45) is 0 Å². The van der Waals surface area contributed by atoms with Gasteiger partial charge < -0.3 is 15.7 Å². The smallest absolute Gasteiger partial charge is 0.251 e. The van der Waals surface area contributed by atoms with E-state index in [1.54, 1.807) is 44.2 Å². The van der Waals surface area contributed by atoms with E-state index in [-0.39, 0.29) is 28.5 Å². The second-order valence-electron chi connectivity index (χ2n) is 9.69. The number of nitrogens with one attached hydrogen (secondary N) is 2. The van der Waals surface area contributed by atoms with E-state index >= 15 is 0 Å². The number of hydrogen-bond donors (Lipinski definition) is 3. The molecule has 2 rings (SSSR count). The maximum atomic E-state index is 13.2. The van der Waals surface area contributed by atoms with Gasteiger partial charge in [0.15, 0.2) is 0 Å². The summed E-state index contributed by atoms with van der Waals surface area (Å²) in [5.41, 5.74) is 2.55. The fourth-order valence-corrected chi connectivity index (χ4v) is 5.46. The summed E-state index contributed by atoms with van der Waals surface area (Å²) in [5, 5.41) is 15.8. The number of hydrogen-bond acceptors (Lipinski definition) is 5. The van der Waals surface area contributed by atoms with E-state index in [2.05, 4.69) is 10.6 Å². The van der Waals surface area contributed by atoms with Gasteiger partial charge in [-0.2, -0.15) is 0 Å². The Morgan fingerprint density at radius 3 is 2.31 bits per heavy atom. The summed E-state index contributed by atoms with van der Waals surface area (Å²) in [7, 11) is -2.32. The van der Waals surface area contributed by atoms with Crippen molar-refractivity contribution >= 4 is 33.2 Å². The first kappa shape index (κ1) is 28.2. The van der Waals surface area contributed by atoms with E-state index in [0.29, 0.717) is 35.2 Å². The number of phenolic OH excluding ortho intramolecular Hbond substituents is 1. The van der Waals surface area contributed by atoms with Crippen molar-refractivity contribution in [3.63, 3.8) is 0 Å². The van der Waals surface area contributed by atoms with Crippen LogP contribution in [0, 0.1) is 13.8 Å². The number of aromatic hydroxyl groups is 1. The van der Waals surface area contributed by atoms with Gasteiger partial charge in [-0.05, 0) is 55.0 Å². The summed E-state index contributed by atoms with van der Waals surface area (Å²) in [5.74, 6) is -0.976. The van der Waals surface area contributed by atoms with Gasteiger partial charge in [-0.1, -0.05) is 46.2 Å². The number of amides is 2. The number of carbonyl (C=O) groups excluding carboxylic acids is 2. The quantitative estimate of drug-likeness (QED) is 0.473. The van der Waals surface area contributed by atoms with Gasteiger partial charge in [0.05, 0.1) is 11.4 Å². The number of phenols is 1. The highest BCUT2D eigenvalue weighted by molar-refractivity contribution is 7.92. The molecule has 2 amide bonds. The van der Waals surface area contributed by atoms with Crippen LogP contribution in [-0.4, -0.2) is 44.7 Å². The number of rotatable bonds is 9. The molecule has 0 saturated heterocycles. The Hall–Kier alpha value is -3.07. The van der Waals surface area contributed by atoms with Crippen LogP contribution in [0.5, 0.6) is 5.75 Å². The Morgan fingerprint density at radius 1 is 1.09 bits per heavy atom. The normalized spacial score (nSPS) is 11.7. The summed E-state index contributed by atoms with van der Waals surface area (Å²) in [6, 6.07) is 8.31. The molecule has 3 N–H and O–H groups in total. The molecule has 0 heterocycles. The second-order valence-corrected chi connectivity index (χ2v) is 11.7. The summed E-state index contributed by atoms with van der Waals surface area (Å²) in [6.07, 6.45) is 1.12. The van der Waals surface area contributed by atoms with Crippen LogP contribution in [0.3, 0.4) is 0 Å². The zero-order valence-corrected chi connectivity index (χ0v) is 22.5. The number of carbonyl (C=O) groups is 2. The maximum absolute atomic E-state index is 13.2. The molecular formula is C26H37N3O5S. The molecule has 0 fully saturated rings. The van der Waals surface area contributed by atoms with E-state index in [9.17, 15) is 23.1 Å². The van der Waals surface area contributed by atoms with E-state index in [4.69, 9.17) is 0 Å². The lowest BCUT2D eigenvalue weighted by Crippen LogP contribution is -2.40. The van der Waals surface area contributed by atoms with Crippen molar-refractivity contribution in [2.45, 2.75) is 59.8 Å². The van der Waals surface area contributed by atoms with Crippen LogP contribution in [0.25, 0.3) is 0 Å². The van der Waals surface area contributed by atoms with E-state index < -0.39 is 22.5 Å². The molecule has 9 heteroatoms. The Kier molecular flexibility index (Phi) is 8.94. The van der Waals surface area contributed by atoms with Gasteiger partial charge in [-0.3, -0.25) is 13.9 Å². The van der Waals surface area contributed by atoms with Crippen LogP contribution < -0.4 is 14.9 Å². The highest BCUT2D eigenvalue weighted by Crippen LogP contribution is 2.33. The predicted octanol–water partition coefficient (Wildman–Crippen LogP) is 4.24. The van der Waals surface area contributed by atoms with Crippen molar-refractivity contribution in [1.29, 1.82) is 0 Å². The highest BCUT2D eigenvalue weighted by Gasteiger charge is 2.28. The van der Waals surface area contributed by atoms with Gasteiger partial charge in [0.2, 0.25) is 15.9 Å². The van der Waals surface area contributed by atoms with Crippen LogP contribution in [-0.2, 0) is 20.2 Å². The number of aryl methyl sites for hydroxylation is 1. The molecule has 0 aromatic heterocycles. The summed E-state index contributed by atoms with van der Waals surface area (Å²) < 4.78 is 27.6. The van der Waals surface area contributed by atoms with Crippen LogP contribution in [0.15, 0.2) is 30.3 Å². The zero-order chi connectivity index (χ0) is 26.6. The van der Waals surface area contributed by atoms with E-state index in [1.165, 1.54) is 7.05 Å². The molecule has 0 saturated carbocycles. The monoisotopic (exact) mass is 503 g/mol. The molecule has 0 aliphatic rings. The minimum Gasteiger partial charge on any atom is -0.507 e. The first-order valence-corrected chi connectivity index (χ1v) is 13.3. The number of anilines is 2. The Labute approximate surface area is 208 Å². The molecule has 0 spiro atoms. The summed E-state index contributed by atoms with van der Waals surface area (Å²) >= 11 is 0. The molecule has 8 nitrogen and oxygen atoms in total. The predicted molar refractivity (Wildman–Crippen MR) is 141 cm³/mol. The van der Waals surface area contributed by atoms with E-state index in [0.717, 1.165) is 9.87 Å². The van der Waals surface area contributed by atoms with Gasteiger partial charge in [-0.25, -0.2) is 8.42 Å². The van der Waals surface area contributed by atoms with E-state index in [1.807, 2.05) is 27.7 Å². The lowest BCUT2D eigenvalue weighted by molar-refractivity contribution is -0.114. The summed E-state index contributed by atoms with van der Waals surface area (Å²) in [6.45, 7) is 10.7. The number of sulfonamides is 1. The van der Waals surface area contributed by atoms with Gasteiger partial charge >= 0.3 is 0 Å².